The first kappa shape index (κ1) is 37.0. The lowest BCUT2D eigenvalue weighted by atomic mass is 9.83. The van der Waals surface area contributed by atoms with E-state index in [1.807, 2.05) is 0 Å². The minimum Gasteiger partial charge on any atom is -0.348 e. The largest absolute Gasteiger partial charge is 0.348 e. The summed E-state index contributed by atoms with van der Waals surface area (Å²) in [6.07, 6.45) is 1.91. The number of benzene rings is 8. The van der Waals surface area contributed by atoms with Crippen molar-refractivity contribution in [2.75, 3.05) is 7.05 Å². The van der Waals surface area contributed by atoms with Crippen LogP contribution in [0.3, 0.4) is 0 Å². The fraction of sp³-hybridized carbons (Fsp3) is 0.0345. The van der Waals surface area contributed by atoms with Crippen LogP contribution < -0.4 is 0 Å². The molecule has 0 spiro atoms. The first-order chi connectivity index (χ1) is 30.7. The number of pyridine rings is 1. The highest BCUT2D eigenvalue weighted by atomic mass is 15.3. The maximum Gasteiger partial charge on any atom is 0.149 e. The SMILES string of the molecule is CN1C(c2ccccc2)=CC(n2c3ccccc3c3ccccc32)=NC1c1cccc(-c2c(-c3ccccc3)c(-c3ccccc3)nc(-c3ccccc3)c2-c2ccccc2)c1. The zero-order valence-corrected chi connectivity index (χ0v) is 34.3. The van der Waals surface area contributed by atoms with Crippen LogP contribution in [0.5, 0.6) is 0 Å². The van der Waals surface area contributed by atoms with Crippen LogP contribution in [0.15, 0.2) is 236 Å². The van der Waals surface area contributed by atoms with Gasteiger partial charge in [-0.3, -0.25) is 4.57 Å². The standard InChI is InChI=1S/C58H42N4/c1-61-51(40-22-7-2-8-23-40)39-52(62-49-36-19-17-34-47(49)48-35-18-20-37-50(48)62)59-58(61)46-33-21-32-45(38-46)53-54(41-24-9-3-10-25-41)56(43-28-13-5-14-29-43)60-57(44-30-15-6-16-31-44)55(53)42-26-11-4-12-27-42/h2-39,58H,1H3. The third kappa shape index (κ3) is 6.50. The van der Waals surface area contributed by atoms with E-state index in [1.54, 1.807) is 0 Å². The predicted molar refractivity (Wildman–Crippen MR) is 259 cm³/mol. The van der Waals surface area contributed by atoms with Crippen LogP contribution in [-0.2, 0) is 0 Å². The smallest absolute Gasteiger partial charge is 0.149 e. The molecular weight excluding hydrogens is 753 g/mol. The van der Waals surface area contributed by atoms with Crippen molar-refractivity contribution in [1.82, 2.24) is 14.5 Å². The minimum atomic E-state index is -0.338. The molecule has 1 unspecified atom stereocenters. The first-order valence-electron chi connectivity index (χ1n) is 21.2. The second-order valence-corrected chi connectivity index (χ2v) is 15.8. The highest BCUT2D eigenvalue weighted by molar-refractivity contribution is 6.17. The van der Waals surface area contributed by atoms with E-state index in [2.05, 4.69) is 247 Å². The Hall–Kier alpha value is -8.08. The lowest BCUT2D eigenvalue weighted by molar-refractivity contribution is 0.363. The molecule has 62 heavy (non-hydrogen) atoms. The van der Waals surface area contributed by atoms with Gasteiger partial charge in [0.1, 0.15) is 12.0 Å². The number of aliphatic imine (C=N–C) groups is 1. The number of fused-ring (bicyclic) bond motifs is 3. The summed E-state index contributed by atoms with van der Waals surface area (Å²) < 4.78 is 2.33. The van der Waals surface area contributed by atoms with Crippen LogP contribution >= 0.6 is 0 Å². The molecule has 11 rings (SSSR count). The molecule has 10 aromatic rings. The average molecular weight is 795 g/mol. The Morgan fingerprint density at radius 2 is 0.806 bits per heavy atom. The van der Waals surface area contributed by atoms with Gasteiger partial charge in [-0.25, -0.2) is 9.98 Å². The summed E-state index contributed by atoms with van der Waals surface area (Å²) in [4.78, 5) is 13.7. The molecule has 0 saturated carbocycles. The Morgan fingerprint density at radius 3 is 1.31 bits per heavy atom. The molecule has 2 aromatic heterocycles. The van der Waals surface area contributed by atoms with E-state index >= 15 is 0 Å². The number of hydrogen-bond donors (Lipinski definition) is 0. The van der Waals surface area contributed by atoms with Gasteiger partial charge in [0.05, 0.1) is 22.4 Å². The van der Waals surface area contributed by atoms with E-state index in [0.717, 1.165) is 89.6 Å². The summed E-state index contributed by atoms with van der Waals surface area (Å²) >= 11 is 0. The Labute approximate surface area is 362 Å². The highest BCUT2D eigenvalue weighted by Crippen LogP contribution is 2.49. The molecule has 0 saturated heterocycles. The summed E-state index contributed by atoms with van der Waals surface area (Å²) in [5.74, 6) is 0.895. The Kier molecular flexibility index (Phi) is 9.44. The van der Waals surface area contributed by atoms with Gasteiger partial charge in [-0.1, -0.05) is 206 Å². The number of rotatable bonds is 7. The molecule has 0 aliphatic carbocycles. The highest BCUT2D eigenvalue weighted by Gasteiger charge is 2.29. The van der Waals surface area contributed by atoms with Crippen molar-refractivity contribution in [2.24, 2.45) is 4.99 Å². The molecule has 1 aliphatic rings. The average Bonchev–Trinajstić information content (AvgIpc) is 3.69. The van der Waals surface area contributed by atoms with Gasteiger partial charge in [0, 0.05) is 57.4 Å². The molecule has 294 valence electrons. The van der Waals surface area contributed by atoms with Crippen molar-refractivity contribution in [1.29, 1.82) is 0 Å². The van der Waals surface area contributed by atoms with E-state index < -0.39 is 0 Å². The Morgan fingerprint density at radius 1 is 0.387 bits per heavy atom. The summed E-state index contributed by atoms with van der Waals surface area (Å²) in [7, 11) is 2.17. The van der Waals surface area contributed by atoms with Crippen LogP contribution in [0.2, 0.25) is 0 Å². The molecule has 4 heteroatoms. The maximum absolute atomic E-state index is 5.69. The van der Waals surface area contributed by atoms with Crippen molar-refractivity contribution < 1.29 is 0 Å². The van der Waals surface area contributed by atoms with Crippen molar-refractivity contribution in [3.8, 4) is 55.9 Å². The zero-order valence-electron chi connectivity index (χ0n) is 34.3. The van der Waals surface area contributed by atoms with Gasteiger partial charge in [-0.05, 0) is 46.0 Å². The summed E-state index contributed by atoms with van der Waals surface area (Å²) in [5, 5.41) is 2.42. The fourth-order valence-electron chi connectivity index (χ4n) is 9.20. The molecule has 4 nitrogen and oxygen atoms in total. The second kappa shape index (κ2) is 15.8. The Balaban J connectivity index is 1.20. The van der Waals surface area contributed by atoms with E-state index in [-0.39, 0.29) is 6.17 Å². The van der Waals surface area contributed by atoms with Gasteiger partial charge < -0.3 is 4.90 Å². The number of hydrogen-bond acceptors (Lipinski definition) is 3. The molecule has 0 N–H and O–H groups in total. The molecule has 0 fully saturated rings. The Bertz CT molecular complexity index is 3130. The predicted octanol–water partition coefficient (Wildman–Crippen LogP) is 14.5. The van der Waals surface area contributed by atoms with E-state index in [9.17, 15) is 0 Å². The fourth-order valence-corrected chi connectivity index (χ4v) is 9.20. The van der Waals surface area contributed by atoms with Crippen LogP contribution in [-0.4, -0.2) is 27.3 Å². The van der Waals surface area contributed by atoms with Gasteiger partial charge >= 0.3 is 0 Å². The van der Waals surface area contributed by atoms with Crippen molar-refractivity contribution in [3.05, 3.63) is 242 Å². The van der Waals surface area contributed by atoms with E-state index in [1.165, 1.54) is 10.8 Å². The van der Waals surface area contributed by atoms with Crippen LogP contribution in [0.25, 0.3) is 83.4 Å². The first-order valence-corrected chi connectivity index (χ1v) is 21.2. The zero-order chi connectivity index (χ0) is 41.4. The molecular formula is C58H42N4. The summed E-state index contributed by atoms with van der Waals surface area (Å²) in [6.45, 7) is 0. The van der Waals surface area contributed by atoms with Crippen molar-refractivity contribution in [2.45, 2.75) is 6.17 Å². The summed E-state index contributed by atoms with van der Waals surface area (Å²) in [5.41, 5.74) is 16.2. The van der Waals surface area contributed by atoms with Crippen LogP contribution in [0, 0.1) is 0 Å². The minimum absolute atomic E-state index is 0.338. The quantitative estimate of drug-likeness (QED) is 0.161. The molecule has 1 atom stereocenters. The monoisotopic (exact) mass is 794 g/mol. The molecule has 3 heterocycles. The number of aromatic nitrogens is 2. The van der Waals surface area contributed by atoms with Gasteiger partial charge in [0.15, 0.2) is 0 Å². The topological polar surface area (TPSA) is 33.4 Å². The lowest BCUT2D eigenvalue weighted by Crippen LogP contribution is -2.29. The third-order valence-corrected chi connectivity index (χ3v) is 12.0. The van der Waals surface area contributed by atoms with Gasteiger partial charge in [0.2, 0.25) is 0 Å². The number of para-hydroxylation sites is 2. The van der Waals surface area contributed by atoms with Crippen LogP contribution in [0.4, 0.5) is 0 Å². The van der Waals surface area contributed by atoms with E-state index in [4.69, 9.17) is 9.98 Å². The summed E-state index contributed by atoms with van der Waals surface area (Å²) in [6, 6.07) is 79.8. The normalized spacial score (nSPS) is 13.9. The van der Waals surface area contributed by atoms with Gasteiger partial charge in [0.25, 0.3) is 0 Å². The number of nitrogens with zero attached hydrogens (tertiary/aromatic N) is 4. The maximum atomic E-state index is 5.69. The lowest BCUT2D eigenvalue weighted by Gasteiger charge is -2.34. The van der Waals surface area contributed by atoms with Crippen molar-refractivity contribution in [3.63, 3.8) is 0 Å². The molecule has 1 aliphatic heterocycles. The van der Waals surface area contributed by atoms with E-state index in [0.29, 0.717) is 0 Å². The third-order valence-electron chi connectivity index (χ3n) is 12.0. The van der Waals surface area contributed by atoms with Crippen molar-refractivity contribution >= 4 is 33.3 Å². The van der Waals surface area contributed by atoms with Gasteiger partial charge in [-0.2, -0.15) is 0 Å². The number of allylic oxidation sites excluding steroid dienone is 1. The molecule has 0 amide bonds. The molecule has 0 bridgehead atoms. The second-order valence-electron chi connectivity index (χ2n) is 15.8. The molecule has 0 radical (unpaired) electrons. The van der Waals surface area contributed by atoms with Gasteiger partial charge in [-0.15, -0.1) is 0 Å². The molecule has 8 aromatic carbocycles. The van der Waals surface area contributed by atoms with Crippen LogP contribution in [0.1, 0.15) is 17.3 Å².